The molecule has 0 aliphatic rings. The van der Waals surface area contributed by atoms with Crippen LogP contribution in [-0.4, -0.2) is 9.97 Å². The molecule has 0 spiro atoms. The van der Waals surface area contributed by atoms with Crippen LogP contribution in [0.25, 0.3) is 22.5 Å². The standard InChI is InChI=1S/C26H20.C10H8N2/c1-5-13-21(14-6-1)25(22-15-7-2-8-16-22)26(23-17-9-3-10-18-23)24-19-11-4-12-20-24;1-3-7-11-9(5-1)10-6-2-4-8-12-10/h1-20H;1-8H. The van der Waals surface area contributed by atoms with E-state index in [1.165, 1.54) is 33.4 Å². The highest BCUT2D eigenvalue weighted by atomic mass is 14.7. The maximum Gasteiger partial charge on any atom is 0.0886 e. The van der Waals surface area contributed by atoms with E-state index < -0.39 is 0 Å². The first-order valence-corrected chi connectivity index (χ1v) is 12.7. The molecule has 182 valence electrons. The Morgan fingerprint density at radius 1 is 0.289 bits per heavy atom. The second-order valence-electron chi connectivity index (χ2n) is 8.64. The maximum atomic E-state index is 4.19. The quantitative estimate of drug-likeness (QED) is 0.227. The van der Waals surface area contributed by atoms with E-state index in [0.717, 1.165) is 11.4 Å². The number of benzene rings is 4. The van der Waals surface area contributed by atoms with Gasteiger partial charge in [-0.15, -0.1) is 0 Å². The van der Waals surface area contributed by atoms with Gasteiger partial charge in [0, 0.05) is 12.4 Å². The summed E-state index contributed by atoms with van der Waals surface area (Å²) < 4.78 is 0. The van der Waals surface area contributed by atoms with E-state index in [2.05, 4.69) is 131 Å². The molecule has 0 aliphatic heterocycles. The van der Waals surface area contributed by atoms with Gasteiger partial charge in [-0.1, -0.05) is 133 Å². The van der Waals surface area contributed by atoms with Gasteiger partial charge in [-0.2, -0.15) is 0 Å². The minimum Gasteiger partial charge on any atom is -0.255 e. The fourth-order valence-corrected chi connectivity index (χ4v) is 4.36. The van der Waals surface area contributed by atoms with Crippen molar-refractivity contribution in [2.24, 2.45) is 0 Å². The lowest BCUT2D eigenvalue weighted by Crippen LogP contribution is -1.97. The van der Waals surface area contributed by atoms with Gasteiger partial charge in [-0.25, -0.2) is 0 Å². The lowest BCUT2D eigenvalue weighted by molar-refractivity contribution is 1.25. The zero-order chi connectivity index (χ0) is 25.8. The van der Waals surface area contributed by atoms with Gasteiger partial charge in [0.25, 0.3) is 0 Å². The molecule has 0 bridgehead atoms. The fourth-order valence-electron chi connectivity index (χ4n) is 4.36. The minimum absolute atomic E-state index is 0.915. The topological polar surface area (TPSA) is 25.8 Å². The van der Waals surface area contributed by atoms with Crippen LogP contribution in [0.15, 0.2) is 170 Å². The maximum absolute atomic E-state index is 4.19. The third-order valence-electron chi connectivity index (χ3n) is 6.09. The summed E-state index contributed by atoms with van der Waals surface area (Å²) in [5.74, 6) is 0. The largest absolute Gasteiger partial charge is 0.255 e. The zero-order valence-electron chi connectivity index (χ0n) is 21.1. The number of nitrogens with zero attached hydrogens (tertiary/aromatic N) is 2. The predicted octanol–water partition coefficient (Wildman–Crippen LogP) is 8.84. The molecular weight excluding hydrogens is 460 g/mol. The van der Waals surface area contributed by atoms with Gasteiger partial charge in [-0.05, 0) is 57.7 Å². The fraction of sp³-hybridized carbons (Fsp3) is 0. The molecule has 6 aromatic rings. The van der Waals surface area contributed by atoms with Gasteiger partial charge in [0.2, 0.25) is 0 Å². The molecule has 2 nitrogen and oxygen atoms in total. The molecule has 6 rings (SSSR count). The summed E-state index contributed by atoms with van der Waals surface area (Å²) in [6, 6.07) is 54.2. The first-order chi connectivity index (χ1) is 18.9. The summed E-state index contributed by atoms with van der Waals surface area (Å²) in [6.07, 6.45) is 3.54. The SMILES string of the molecule is c1ccc(-c2ccccn2)nc1.c1ccc(C(=C(c2ccccc2)c2ccccc2)c2ccccc2)cc1. The summed E-state index contributed by atoms with van der Waals surface area (Å²) in [7, 11) is 0. The average molecular weight is 489 g/mol. The Kier molecular flexibility index (Phi) is 8.26. The van der Waals surface area contributed by atoms with Gasteiger partial charge < -0.3 is 0 Å². The van der Waals surface area contributed by atoms with Crippen LogP contribution in [-0.2, 0) is 0 Å². The molecular formula is C36H28N2. The first-order valence-electron chi connectivity index (χ1n) is 12.7. The van der Waals surface area contributed by atoms with E-state index in [1.54, 1.807) is 12.4 Å². The van der Waals surface area contributed by atoms with Crippen LogP contribution < -0.4 is 0 Å². The van der Waals surface area contributed by atoms with Gasteiger partial charge in [0.05, 0.1) is 11.4 Å². The van der Waals surface area contributed by atoms with Crippen molar-refractivity contribution in [1.82, 2.24) is 9.97 Å². The molecule has 2 heteroatoms. The van der Waals surface area contributed by atoms with E-state index >= 15 is 0 Å². The molecule has 0 unspecified atom stereocenters. The Morgan fingerprint density at radius 2 is 0.553 bits per heavy atom. The highest BCUT2D eigenvalue weighted by molar-refractivity contribution is 6.04. The van der Waals surface area contributed by atoms with E-state index in [0.29, 0.717) is 0 Å². The second kappa shape index (κ2) is 12.8. The molecule has 0 saturated heterocycles. The normalized spacial score (nSPS) is 10.1. The molecule has 0 atom stereocenters. The lowest BCUT2D eigenvalue weighted by Gasteiger charge is -2.18. The van der Waals surface area contributed by atoms with E-state index in [9.17, 15) is 0 Å². The Hall–Kier alpha value is -5.08. The van der Waals surface area contributed by atoms with E-state index in [-0.39, 0.29) is 0 Å². The summed E-state index contributed by atoms with van der Waals surface area (Å²) in [5.41, 5.74) is 9.23. The van der Waals surface area contributed by atoms with Crippen LogP contribution in [0.4, 0.5) is 0 Å². The Morgan fingerprint density at radius 3 is 0.789 bits per heavy atom. The van der Waals surface area contributed by atoms with E-state index in [4.69, 9.17) is 0 Å². The highest BCUT2D eigenvalue weighted by Gasteiger charge is 2.15. The highest BCUT2D eigenvalue weighted by Crippen LogP contribution is 2.36. The number of hydrogen-bond donors (Lipinski definition) is 0. The van der Waals surface area contributed by atoms with Gasteiger partial charge in [0.15, 0.2) is 0 Å². The zero-order valence-corrected chi connectivity index (χ0v) is 21.1. The minimum atomic E-state index is 0.915. The molecule has 38 heavy (non-hydrogen) atoms. The lowest BCUT2D eigenvalue weighted by atomic mass is 9.86. The van der Waals surface area contributed by atoms with Crippen molar-refractivity contribution in [2.45, 2.75) is 0 Å². The number of rotatable bonds is 5. The molecule has 2 aromatic heterocycles. The van der Waals surface area contributed by atoms with Gasteiger partial charge in [-0.3, -0.25) is 9.97 Å². The number of pyridine rings is 2. The third kappa shape index (κ3) is 6.18. The molecule has 0 N–H and O–H groups in total. The van der Waals surface area contributed by atoms with Crippen molar-refractivity contribution in [2.75, 3.05) is 0 Å². The van der Waals surface area contributed by atoms with Crippen molar-refractivity contribution in [3.05, 3.63) is 192 Å². The van der Waals surface area contributed by atoms with E-state index in [1.807, 2.05) is 36.4 Å². The molecule has 4 aromatic carbocycles. The van der Waals surface area contributed by atoms with Gasteiger partial charge in [0.1, 0.15) is 0 Å². The van der Waals surface area contributed by atoms with Crippen LogP contribution in [0.5, 0.6) is 0 Å². The third-order valence-corrected chi connectivity index (χ3v) is 6.09. The van der Waals surface area contributed by atoms with Crippen molar-refractivity contribution < 1.29 is 0 Å². The van der Waals surface area contributed by atoms with Crippen molar-refractivity contribution in [3.63, 3.8) is 0 Å². The Bertz CT molecular complexity index is 1340. The number of aromatic nitrogens is 2. The molecule has 0 amide bonds. The summed E-state index contributed by atoms with van der Waals surface area (Å²) in [6.45, 7) is 0. The molecule has 0 aliphatic carbocycles. The van der Waals surface area contributed by atoms with Crippen LogP contribution in [0, 0.1) is 0 Å². The Labute approximate surface area is 224 Å². The van der Waals surface area contributed by atoms with Crippen molar-refractivity contribution >= 4 is 11.1 Å². The average Bonchev–Trinajstić information content (AvgIpc) is 3.03. The van der Waals surface area contributed by atoms with Crippen LogP contribution in [0.1, 0.15) is 22.3 Å². The van der Waals surface area contributed by atoms with Crippen LogP contribution in [0.3, 0.4) is 0 Å². The van der Waals surface area contributed by atoms with Crippen molar-refractivity contribution in [1.29, 1.82) is 0 Å². The smallest absolute Gasteiger partial charge is 0.0886 e. The monoisotopic (exact) mass is 488 g/mol. The number of hydrogen-bond acceptors (Lipinski definition) is 2. The predicted molar refractivity (Wildman–Crippen MR) is 158 cm³/mol. The molecule has 0 saturated carbocycles. The summed E-state index contributed by atoms with van der Waals surface area (Å²) in [5, 5.41) is 0. The second-order valence-corrected chi connectivity index (χ2v) is 8.64. The van der Waals surface area contributed by atoms with Gasteiger partial charge >= 0.3 is 0 Å². The molecule has 2 heterocycles. The van der Waals surface area contributed by atoms with Crippen LogP contribution in [0.2, 0.25) is 0 Å². The Balaban J connectivity index is 0.000000204. The molecule has 0 fully saturated rings. The van der Waals surface area contributed by atoms with Crippen molar-refractivity contribution in [3.8, 4) is 11.4 Å². The molecule has 0 radical (unpaired) electrons. The summed E-state index contributed by atoms with van der Waals surface area (Å²) >= 11 is 0. The van der Waals surface area contributed by atoms with Crippen LogP contribution >= 0.6 is 0 Å². The summed E-state index contributed by atoms with van der Waals surface area (Å²) in [4.78, 5) is 8.37. The first kappa shape index (κ1) is 24.6.